The summed E-state index contributed by atoms with van der Waals surface area (Å²) in [6.45, 7) is 3.74. The van der Waals surface area contributed by atoms with Gasteiger partial charge in [0.15, 0.2) is 0 Å². The van der Waals surface area contributed by atoms with E-state index in [2.05, 4.69) is 15.3 Å². The van der Waals surface area contributed by atoms with Crippen molar-refractivity contribution in [3.8, 4) is 0 Å². The van der Waals surface area contributed by atoms with Crippen molar-refractivity contribution in [2.45, 2.75) is 13.8 Å². The number of para-hydroxylation sites is 1. The van der Waals surface area contributed by atoms with Crippen molar-refractivity contribution in [2.24, 2.45) is 4.99 Å². The number of rotatable bonds is 3. The Morgan fingerprint density at radius 2 is 1.83 bits per heavy atom. The maximum atomic E-state index is 13.0. The highest BCUT2D eigenvalue weighted by atomic mass is 35.5. The highest BCUT2D eigenvalue weighted by molar-refractivity contribution is 6.31. The Morgan fingerprint density at radius 3 is 2.66 bits per heavy atom. The molecule has 0 unspecified atom stereocenters. The van der Waals surface area contributed by atoms with E-state index in [1.807, 2.05) is 62.4 Å². The number of nitrogens with zero attached hydrogens (tertiary/aromatic N) is 2. The third kappa shape index (κ3) is 4.05. The van der Waals surface area contributed by atoms with Crippen molar-refractivity contribution in [1.29, 1.82) is 0 Å². The van der Waals surface area contributed by atoms with Crippen LogP contribution in [0.15, 0.2) is 76.1 Å². The number of aryl methyl sites for hydroxylation is 1. The lowest BCUT2D eigenvalue weighted by atomic mass is 10.1. The number of nitrogens with one attached hydrogen (secondary N) is 1. The smallest absolute Gasteiger partial charge is 0.262 e. The number of carbonyl (C=O) groups is 1. The number of pyridine rings is 1. The van der Waals surface area contributed by atoms with Gasteiger partial charge in [0.1, 0.15) is 17.0 Å². The van der Waals surface area contributed by atoms with Gasteiger partial charge in [-0.3, -0.25) is 4.79 Å². The molecule has 0 bridgehead atoms. The van der Waals surface area contributed by atoms with Crippen LogP contribution < -0.4 is 10.9 Å². The Bertz CT molecular complexity index is 1290. The van der Waals surface area contributed by atoms with Gasteiger partial charge in [-0.15, -0.1) is 0 Å². The molecule has 0 spiro atoms. The molecule has 1 N–H and O–H groups in total. The lowest BCUT2D eigenvalue weighted by Crippen LogP contribution is -2.22. The predicted molar refractivity (Wildman–Crippen MR) is 115 cm³/mol. The molecule has 0 saturated heterocycles. The van der Waals surface area contributed by atoms with Crippen LogP contribution in [0.1, 0.15) is 21.6 Å². The Labute approximate surface area is 172 Å². The predicted octanol–water partition coefficient (Wildman–Crippen LogP) is 5.58. The van der Waals surface area contributed by atoms with E-state index in [1.54, 1.807) is 18.2 Å². The van der Waals surface area contributed by atoms with Crippen molar-refractivity contribution in [3.63, 3.8) is 0 Å². The average Bonchev–Trinajstić information content (AvgIpc) is 2.71. The summed E-state index contributed by atoms with van der Waals surface area (Å²) >= 11 is 6.22. The summed E-state index contributed by atoms with van der Waals surface area (Å²) in [5.74, 6) is 0.115. The van der Waals surface area contributed by atoms with Crippen LogP contribution >= 0.6 is 11.6 Å². The second-order valence-corrected chi connectivity index (χ2v) is 7.02. The number of benzene rings is 2. The summed E-state index contributed by atoms with van der Waals surface area (Å²) in [5.41, 5.74) is 3.41. The number of aromatic nitrogens is 1. The number of amides is 1. The van der Waals surface area contributed by atoms with Crippen LogP contribution in [-0.2, 0) is 0 Å². The van der Waals surface area contributed by atoms with Gasteiger partial charge in [-0.2, -0.15) is 0 Å². The molecule has 29 heavy (non-hydrogen) atoms. The van der Waals surface area contributed by atoms with Crippen LogP contribution in [0.2, 0.25) is 5.02 Å². The van der Waals surface area contributed by atoms with Crippen molar-refractivity contribution in [2.75, 3.05) is 5.32 Å². The van der Waals surface area contributed by atoms with Gasteiger partial charge in [0.05, 0.1) is 5.69 Å². The molecule has 0 saturated carbocycles. The summed E-state index contributed by atoms with van der Waals surface area (Å²) in [6.07, 6.45) is 0. The zero-order chi connectivity index (χ0) is 20.4. The van der Waals surface area contributed by atoms with Crippen LogP contribution in [0.4, 0.5) is 11.5 Å². The molecule has 1 amide bonds. The van der Waals surface area contributed by atoms with Gasteiger partial charge in [0.2, 0.25) is 5.55 Å². The van der Waals surface area contributed by atoms with Gasteiger partial charge >= 0.3 is 0 Å². The van der Waals surface area contributed by atoms with Crippen LogP contribution in [-0.4, -0.2) is 10.9 Å². The van der Waals surface area contributed by atoms with Gasteiger partial charge in [-0.05, 0) is 55.8 Å². The second-order valence-electron chi connectivity index (χ2n) is 6.62. The van der Waals surface area contributed by atoms with E-state index in [1.165, 1.54) is 0 Å². The normalized spacial score (nSPS) is 11.6. The van der Waals surface area contributed by atoms with E-state index in [-0.39, 0.29) is 11.5 Å². The minimum absolute atomic E-state index is 0.208. The van der Waals surface area contributed by atoms with Crippen molar-refractivity contribution >= 4 is 40.0 Å². The lowest BCUT2D eigenvalue weighted by Gasteiger charge is -2.08. The van der Waals surface area contributed by atoms with Crippen LogP contribution in [0.3, 0.4) is 0 Å². The second kappa shape index (κ2) is 7.89. The van der Waals surface area contributed by atoms with Gasteiger partial charge in [-0.1, -0.05) is 41.9 Å². The topological polar surface area (TPSA) is 67.5 Å². The average molecular weight is 404 g/mol. The molecule has 0 radical (unpaired) electrons. The highest BCUT2D eigenvalue weighted by Crippen LogP contribution is 2.25. The summed E-state index contributed by atoms with van der Waals surface area (Å²) in [5, 5.41) is 4.22. The van der Waals surface area contributed by atoms with Crippen molar-refractivity contribution in [3.05, 3.63) is 94.1 Å². The fourth-order valence-electron chi connectivity index (χ4n) is 2.94. The number of carbonyl (C=O) groups excluding carboxylic acids is 1. The summed E-state index contributed by atoms with van der Waals surface area (Å²) in [4.78, 5) is 22.0. The number of hydrogen-bond donors (Lipinski definition) is 1. The van der Waals surface area contributed by atoms with Crippen LogP contribution in [0, 0.1) is 13.8 Å². The molecular weight excluding hydrogens is 386 g/mol. The molecule has 2 heterocycles. The third-order valence-electron chi connectivity index (χ3n) is 4.49. The quantitative estimate of drug-likeness (QED) is 0.485. The molecule has 0 aliphatic rings. The minimum atomic E-state index is -0.351. The van der Waals surface area contributed by atoms with E-state index in [9.17, 15) is 4.79 Å². The summed E-state index contributed by atoms with van der Waals surface area (Å²) in [6, 6.07) is 20.1. The molecule has 6 heteroatoms. The first-order valence-electron chi connectivity index (χ1n) is 9.09. The Hall–Kier alpha value is -3.44. The Morgan fingerprint density at radius 1 is 1.03 bits per heavy atom. The van der Waals surface area contributed by atoms with E-state index in [0.29, 0.717) is 27.7 Å². The largest absolute Gasteiger partial charge is 0.438 e. The van der Waals surface area contributed by atoms with Crippen LogP contribution in [0.25, 0.3) is 11.0 Å². The molecule has 2 aromatic heterocycles. The summed E-state index contributed by atoms with van der Waals surface area (Å²) < 4.78 is 5.98. The fraction of sp³-hybridized carbons (Fsp3) is 0.0870. The summed E-state index contributed by atoms with van der Waals surface area (Å²) in [7, 11) is 0. The standard InChI is InChI=1S/C23H18ClN3O2/c1-14-7-5-12-21(25-14)27-22(28)17-13-16-8-3-4-11-20(16)29-23(17)26-19-10-6-9-18(24)15(19)2/h3-13H,1-2H3,(H,25,27,28). The van der Waals surface area contributed by atoms with E-state index >= 15 is 0 Å². The SMILES string of the molecule is Cc1cccc(NC(=O)c2cc3ccccc3oc2=Nc2cccc(Cl)c2C)n1. The first-order chi connectivity index (χ1) is 14.0. The number of anilines is 1. The molecule has 4 aromatic rings. The third-order valence-corrected chi connectivity index (χ3v) is 4.90. The molecular formula is C23H18ClN3O2. The lowest BCUT2D eigenvalue weighted by molar-refractivity contribution is 0.102. The first-order valence-corrected chi connectivity index (χ1v) is 9.47. The highest BCUT2D eigenvalue weighted by Gasteiger charge is 2.14. The molecule has 0 aliphatic carbocycles. The first kappa shape index (κ1) is 18.9. The molecule has 0 fully saturated rings. The molecule has 5 nitrogen and oxygen atoms in total. The monoisotopic (exact) mass is 403 g/mol. The Balaban J connectivity index is 1.87. The Kier molecular flexibility index (Phi) is 5.14. The molecule has 144 valence electrons. The number of hydrogen-bond acceptors (Lipinski definition) is 4. The van der Waals surface area contributed by atoms with Crippen LogP contribution in [0.5, 0.6) is 0 Å². The van der Waals surface area contributed by atoms with Crippen molar-refractivity contribution in [1.82, 2.24) is 4.98 Å². The molecule has 4 rings (SSSR count). The zero-order valence-electron chi connectivity index (χ0n) is 15.9. The van der Waals surface area contributed by atoms with Gasteiger partial charge < -0.3 is 9.73 Å². The van der Waals surface area contributed by atoms with Gasteiger partial charge in [-0.25, -0.2) is 9.98 Å². The number of halogens is 1. The molecule has 0 atom stereocenters. The van der Waals surface area contributed by atoms with Gasteiger partial charge in [0, 0.05) is 16.1 Å². The maximum absolute atomic E-state index is 13.0. The molecule has 0 aliphatic heterocycles. The van der Waals surface area contributed by atoms with E-state index < -0.39 is 0 Å². The maximum Gasteiger partial charge on any atom is 0.262 e. The number of fused-ring (bicyclic) bond motifs is 1. The fourth-order valence-corrected chi connectivity index (χ4v) is 3.11. The van der Waals surface area contributed by atoms with Crippen molar-refractivity contribution < 1.29 is 9.21 Å². The minimum Gasteiger partial charge on any atom is -0.438 e. The zero-order valence-corrected chi connectivity index (χ0v) is 16.7. The van der Waals surface area contributed by atoms with E-state index in [0.717, 1.165) is 16.6 Å². The van der Waals surface area contributed by atoms with Gasteiger partial charge in [0.25, 0.3) is 5.91 Å². The van der Waals surface area contributed by atoms with E-state index in [4.69, 9.17) is 16.0 Å². The molecule has 2 aromatic carbocycles.